The molecule has 5 rings (SSSR count). The smallest absolute Gasteiger partial charge is 0.272 e. The molecule has 0 bridgehead atoms. The van der Waals surface area contributed by atoms with Gasteiger partial charge in [0, 0.05) is 31.4 Å². The molecular weight excluding hydrogens is 393 g/mol. The van der Waals surface area contributed by atoms with Crippen LogP contribution in [0.5, 0.6) is 0 Å². The van der Waals surface area contributed by atoms with Crippen molar-refractivity contribution in [1.29, 1.82) is 0 Å². The summed E-state index contributed by atoms with van der Waals surface area (Å²) in [5.41, 5.74) is 4.39. The van der Waals surface area contributed by atoms with E-state index >= 15 is 0 Å². The van der Waals surface area contributed by atoms with Crippen LogP contribution < -0.4 is 4.90 Å². The van der Waals surface area contributed by atoms with Crippen LogP contribution in [0.15, 0.2) is 66.9 Å². The van der Waals surface area contributed by atoms with Crippen LogP contribution >= 0.6 is 0 Å². The van der Waals surface area contributed by atoms with Crippen molar-refractivity contribution in [3.05, 3.63) is 83.9 Å². The third kappa shape index (κ3) is 3.27. The number of carbonyl (C=O) groups excluding carboxylic acids is 1. The molecule has 3 atom stereocenters. The fraction of sp³-hybridized carbons (Fsp3) is 0.280. The third-order valence-corrected chi connectivity index (χ3v) is 6.67. The lowest BCUT2D eigenvalue weighted by molar-refractivity contribution is 0.0688. The molecule has 2 aliphatic heterocycles. The van der Waals surface area contributed by atoms with Crippen LogP contribution in [0.4, 0.5) is 10.1 Å². The average Bonchev–Trinajstić information content (AvgIpc) is 3.25. The third-order valence-electron chi connectivity index (χ3n) is 6.67. The van der Waals surface area contributed by atoms with E-state index in [1.807, 2.05) is 30.1 Å². The predicted octanol–water partition coefficient (Wildman–Crippen LogP) is 3.90. The maximum Gasteiger partial charge on any atom is 0.272 e. The number of aliphatic hydroxyl groups excluding tert-OH is 1. The molecule has 0 saturated carbocycles. The first-order valence-electron chi connectivity index (χ1n) is 10.5. The largest absolute Gasteiger partial charge is 0.394 e. The Bertz CT molecular complexity index is 1100. The van der Waals surface area contributed by atoms with Crippen molar-refractivity contribution in [3.63, 3.8) is 0 Å². The van der Waals surface area contributed by atoms with Crippen molar-refractivity contribution >= 4 is 11.6 Å². The lowest BCUT2D eigenvalue weighted by Crippen LogP contribution is -2.48. The van der Waals surface area contributed by atoms with Crippen molar-refractivity contribution < 1.29 is 14.3 Å². The van der Waals surface area contributed by atoms with Gasteiger partial charge in [-0.2, -0.15) is 0 Å². The maximum atomic E-state index is 13.4. The molecule has 0 unspecified atom stereocenters. The van der Waals surface area contributed by atoms with E-state index in [4.69, 9.17) is 0 Å². The van der Waals surface area contributed by atoms with E-state index in [0.717, 1.165) is 28.8 Å². The summed E-state index contributed by atoms with van der Waals surface area (Å²) >= 11 is 0. The van der Waals surface area contributed by atoms with Crippen molar-refractivity contribution in [2.75, 3.05) is 25.1 Å². The highest BCUT2D eigenvalue weighted by Gasteiger charge is 2.47. The van der Waals surface area contributed by atoms with Crippen LogP contribution in [0.25, 0.3) is 11.1 Å². The number of likely N-dealkylation sites (N-methyl/N-ethyl adjacent to an activating group) is 1. The molecule has 1 saturated heterocycles. The van der Waals surface area contributed by atoms with Gasteiger partial charge in [0.05, 0.1) is 18.7 Å². The van der Waals surface area contributed by atoms with Crippen molar-refractivity contribution in [2.24, 2.45) is 5.92 Å². The molecule has 1 N–H and O–H groups in total. The molecular formula is C25H24FN3O2. The molecule has 31 heavy (non-hydrogen) atoms. The number of halogens is 1. The molecule has 1 fully saturated rings. The van der Waals surface area contributed by atoms with Crippen molar-refractivity contribution in [2.45, 2.75) is 18.5 Å². The molecule has 0 spiro atoms. The number of benzene rings is 2. The average molecular weight is 417 g/mol. The van der Waals surface area contributed by atoms with Crippen LogP contribution in [0.3, 0.4) is 0 Å². The standard InChI is InChI=1S/C25H24FN3O2/c1-28-22-10-7-17(16-5-8-18(26)9-6-16)14-20(22)24-19(23(28)15-30)11-13-29(24)25(31)21-4-2-3-12-27-21/h2-10,12,14,19,23-24,30H,11,13,15H2,1H3/t19-,23-,24-/m1/s1. The molecule has 2 aliphatic rings. The fourth-order valence-electron chi connectivity index (χ4n) is 5.14. The molecule has 3 heterocycles. The quantitative estimate of drug-likeness (QED) is 0.702. The minimum absolute atomic E-state index is 0.0302. The van der Waals surface area contributed by atoms with E-state index < -0.39 is 0 Å². The summed E-state index contributed by atoms with van der Waals surface area (Å²) < 4.78 is 13.4. The van der Waals surface area contributed by atoms with Crippen molar-refractivity contribution in [1.82, 2.24) is 9.88 Å². The zero-order valence-corrected chi connectivity index (χ0v) is 17.3. The molecule has 5 nitrogen and oxygen atoms in total. The minimum atomic E-state index is -0.268. The minimum Gasteiger partial charge on any atom is -0.394 e. The van der Waals surface area contributed by atoms with Gasteiger partial charge in [-0.05, 0) is 59.5 Å². The SMILES string of the molecule is CN1c2ccc(-c3ccc(F)cc3)cc2[C@H]2[C@H](CCN2C(=O)c2ccccn2)[C@H]1CO. The van der Waals surface area contributed by atoms with Gasteiger partial charge in [-0.3, -0.25) is 9.78 Å². The predicted molar refractivity (Wildman–Crippen MR) is 117 cm³/mol. The van der Waals surface area contributed by atoms with Crippen LogP contribution in [0.2, 0.25) is 0 Å². The van der Waals surface area contributed by atoms with Gasteiger partial charge < -0.3 is 14.9 Å². The number of pyridine rings is 1. The highest BCUT2D eigenvalue weighted by Crippen LogP contribution is 2.49. The summed E-state index contributed by atoms with van der Waals surface area (Å²) in [5, 5.41) is 10.1. The first-order valence-corrected chi connectivity index (χ1v) is 10.5. The number of anilines is 1. The molecule has 0 radical (unpaired) electrons. The van der Waals surface area contributed by atoms with Gasteiger partial charge in [-0.1, -0.05) is 24.3 Å². The molecule has 3 aromatic rings. The van der Waals surface area contributed by atoms with E-state index in [1.165, 1.54) is 12.1 Å². The normalized spacial score (nSPS) is 22.2. The van der Waals surface area contributed by atoms with E-state index in [1.54, 1.807) is 30.5 Å². The summed E-state index contributed by atoms with van der Waals surface area (Å²) in [6.07, 6.45) is 2.45. The number of hydrogen-bond donors (Lipinski definition) is 1. The fourth-order valence-corrected chi connectivity index (χ4v) is 5.14. The van der Waals surface area contributed by atoms with E-state index in [0.29, 0.717) is 12.2 Å². The lowest BCUT2D eigenvalue weighted by Gasteiger charge is -2.44. The summed E-state index contributed by atoms with van der Waals surface area (Å²) in [4.78, 5) is 21.6. The van der Waals surface area contributed by atoms with Gasteiger partial charge in [-0.25, -0.2) is 4.39 Å². The highest BCUT2D eigenvalue weighted by atomic mass is 19.1. The van der Waals surface area contributed by atoms with Gasteiger partial charge >= 0.3 is 0 Å². The lowest BCUT2D eigenvalue weighted by atomic mass is 9.81. The topological polar surface area (TPSA) is 56.7 Å². The second-order valence-corrected chi connectivity index (χ2v) is 8.25. The Labute approximate surface area is 180 Å². The van der Waals surface area contributed by atoms with Crippen LogP contribution in [-0.2, 0) is 0 Å². The Balaban J connectivity index is 1.60. The van der Waals surface area contributed by atoms with Crippen LogP contribution in [0, 0.1) is 11.7 Å². The Morgan fingerprint density at radius 2 is 1.90 bits per heavy atom. The number of amides is 1. The van der Waals surface area contributed by atoms with Gasteiger partial charge in [-0.15, -0.1) is 0 Å². The number of fused-ring (bicyclic) bond motifs is 3. The molecule has 0 aliphatic carbocycles. The number of hydrogen-bond acceptors (Lipinski definition) is 4. The van der Waals surface area contributed by atoms with E-state index in [2.05, 4.69) is 16.0 Å². The number of aliphatic hydroxyl groups is 1. The Hall–Kier alpha value is -3.25. The molecule has 6 heteroatoms. The molecule has 1 amide bonds. The summed E-state index contributed by atoms with van der Waals surface area (Å²) in [5.74, 6) is -0.235. The number of aromatic nitrogens is 1. The first-order chi connectivity index (χ1) is 15.1. The van der Waals surface area contributed by atoms with Gasteiger partial charge in [0.1, 0.15) is 11.5 Å². The molecule has 2 aromatic carbocycles. The first kappa shape index (κ1) is 19.7. The highest BCUT2D eigenvalue weighted by molar-refractivity contribution is 5.93. The Morgan fingerprint density at radius 3 is 2.61 bits per heavy atom. The zero-order chi connectivity index (χ0) is 21.5. The van der Waals surface area contributed by atoms with Gasteiger partial charge in [0.2, 0.25) is 0 Å². The monoisotopic (exact) mass is 417 g/mol. The number of nitrogens with zero attached hydrogens (tertiary/aromatic N) is 3. The Kier molecular flexibility index (Phi) is 4.94. The summed E-state index contributed by atoms with van der Waals surface area (Å²) in [6.45, 7) is 0.651. The maximum absolute atomic E-state index is 13.4. The van der Waals surface area contributed by atoms with Crippen LogP contribution in [-0.4, -0.2) is 47.1 Å². The van der Waals surface area contributed by atoms with E-state index in [9.17, 15) is 14.3 Å². The van der Waals surface area contributed by atoms with Gasteiger partial charge in [0.15, 0.2) is 0 Å². The van der Waals surface area contributed by atoms with Gasteiger partial charge in [0.25, 0.3) is 5.91 Å². The van der Waals surface area contributed by atoms with Crippen molar-refractivity contribution in [3.8, 4) is 11.1 Å². The summed E-state index contributed by atoms with van der Waals surface area (Å²) in [6, 6.07) is 17.8. The second-order valence-electron chi connectivity index (χ2n) is 8.25. The molecule has 158 valence electrons. The number of rotatable bonds is 3. The Morgan fingerprint density at radius 1 is 1.13 bits per heavy atom. The zero-order valence-electron chi connectivity index (χ0n) is 17.3. The number of likely N-dealkylation sites (tertiary alicyclic amines) is 1. The number of carbonyl (C=O) groups is 1. The van der Waals surface area contributed by atoms with Crippen LogP contribution in [0.1, 0.15) is 28.5 Å². The van der Waals surface area contributed by atoms with E-state index in [-0.39, 0.29) is 36.3 Å². The second kappa shape index (κ2) is 7.78. The summed E-state index contributed by atoms with van der Waals surface area (Å²) in [7, 11) is 2.00. The molecule has 1 aromatic heterocycles.